The minimum Gasteiger partial charge on any atom is -0.495 e. The highest BCUT2D eigenvalue weighted by molar-refractivity contribution is 6.15. The Hall–Kier alpha value is -5.20. The molecule has 230 valence electrons. The highest BCUT2D eigenvalue weighted by atomic mass is 19.1. The van der Waals surface area contributed by atoms with Crippen LogP contribution in [0.4, 0.5) is 14.9 Å². The molecule has 45 heavy (non-hydrogen) atoms. The molecule has 0 saturated heterocycles. The van der Waals surface area contributed by atoms with E-state index in [1.54, 1.807) is 36.4 Å². The van der Waals surface area contributed by atoms with Gasteiger partial charge in [-0.15, -0.1) is 5.73 Å². The van der Waals surface area contributed by atoms with Crippen LogP contribution in [-0.4, -0.2) is 31.9 Å². The van der Waals surface area contributed by atoms with Gasteiger partial charge in [-0.3, -0.25) is 14.9 Å². The summed E-state index contributed by atoms with van der Waals surface area (Å²) in [5.74, 6) is 0.573. The lowest BCUT2D eigenvalue weighted by Gasteiger charge is -2.16. The number of anilines is 1. The molecule has 0 radical (unpaired) electrons. The molecule has 3 aromatic rings. The number of benzene rings is 3. The van der Waals surface area contributed by atoms with Crippen LogP contribution in [0.5, 0.6) is 5.75 Å². The van der Waals surface area contributed by atoms with Crippen molar-refractivity contribution in [2.24, 2.45) is 5.41 Å². The van der Waals surface area contributed by atoms with E-state index in [4.69, 9.17) is 14.2 Å². The first-order valence-electron chi connectivity index (χ1n) is 14.7. The van der Waals surface area contributed by atoms with E-state index >= 15 is 0 Å². The number of fused-ring (bicyclic) bond motifs is 1. The van der Waals surface area contributed by atoms with E-state index in [-0.39, 0.29) is 17.4 Å². The molecule has 8 heteroatoms. The maximum absolute atomic E-state index is 13.1. The van der Waals surface area contributed by atoms with Gasteiger partial charge in [0.15, 0.2) is 5.78 Å². The third-order valence-corrected chi connectivity index (χ3v) is 7.97. The van der Waals surface area contributed by atoms with Crippen molar-refractivity contribution in [1.82, 2.24) is 0 Å². The van der Waals surface area contributed by atoms with Gasteiger partial charge in [-0.2, -0.15) is 0 Å². The summed E-state index contributed by atoms with van der Waals surface area (Å²) < 4.78 is 29.5. The Kier molecular flexibility index (Phi) is 9.76. The summed E-state index contributed by atoms with van der Waals surface area (Å²) in [5, 5.41) is 2.67. The highest BCUT2D eigenvalue weighted by Crippen LogP contribution is 2.49. The molecular weight excluding hydrogens is 573 g/mol. The molecule has 2 aliphatic rings. The number of aryl methyl sites for hydroxylation is 1. The van der Waals surface area contributed by atoms with E-state index in [9.17, 15) is 18.8 Å². The number of ether oxygens (including phenoxy) is 3. The molecule has 0 unspecified atom stereocenters. The second-order valence-electron chi connectivity index (χ2n) is 11.0. The average molecular weight is 608 g/mol. The van der Waals surface area contributed by atoms with E-state index in [1.165, 1.54) is 32.4 Å². The first-order chi connectivity index (χ1) is 21.8. The normalized spacial score (nSPS) is 14.2. The number of amides is 1. The third-order valence-electron chi connectivity index (χ3n) is 7.97. The van der Waals surface area contributed by atoms with Gasteiger partial charge in [0.05, 0.1) is 25.3 Å². The second kappa shape index (κ2) is 14.1. The lowest BCUT2D eigenvalue weighted by molar-refractivity contribution is -0.132. The summed E-state index contributed by atoms with van der Waals surface area (Å²) >= 11 is 0. The smallest absolute Gasteiger partial charge is 0.411 e. The van der Waals surface area contributed by atoms with Crippen molar-refractivity contribution in [3.63, 3.8) is 0 Å². The Bertz CT molecular complexity index is 1710. The Morgan fingerprint density at radius 3 is 2.42 bits per heavy atom. The number of carbonyl (C=O) groups excluding carboxylic acids is 3. The van der Waals surface area contributed by atoms with Crippen molar-refractivity contribution in [3.8, 4) is 5.75 Å². The molecule has 0 aliphatic heterocycles. The van der Waals surface area contributed by atoms with Gasteiger partial charge in [-0.25, -0.2) is 9.18 Å². The fraction of sp³-hybridized carbons (Fsp3) is 0.243. The number of methoxy groups -OCH3 is 2. The van der Waals surface area contributed by atoms with Crippen LogP contribution in [0.2, 0.25) is 0 Å². The van der Waals surface area contributed by atoms with Crippen LogP contribution in [0.25, 0.3) is 17.9 Å². The predicted octanol–water partition coefficient (Wildman–Crippen LogP) is 7.71. The van der Waals surface area contributed by atoms with Crippen LogP contribution in [0.3, 0.4) is 0 Å². The number of carbonyl (C=O) groups is 3. The van der Waals surface area contributed by atoms with Gasteiger partial charge in [0.25, 0.3) is 0 Å². The number of halogens is 1. The van der Waals surface area contributed by atoms with E-state index in [0.717, 1.165) is 28.7 Å². The zero-order valence-electron chi connectivity index (χ0n) is 25.2. The molecule has 1 N–H and O–H groups in total. The van der Waals surface area contributed by atoms with Gasteiger partial charge in [0.2, 0.25) is 0 Å². The lowest BCUT2D eigenvalue weighted by Crippen LogP contribution is -2.24. The Balaban J connectivity index is 1.14. The van der Waals surface area contributed by atoms with E-state index < -0.39 is 11.5 Å². The molecule has 1 fully saturated rings. The van der Waals surface area contributed by atoms with Gasteiger partial charge >= 0.3 is 6.09 Å². The van der Waals surface area contributed by atoms with E-state index in [2.05, 4.69) is 11.0 Å². The summed E-state index contributed by atoms with van der Waals surface area (Å²) in [6.45, 7) is 0.319. The first kappa shape index (κ1) is 31.2. The topological polar surface area (TPSA) is 90.9 Å². The maximum Gasteiger partial charge on any atom is 0.411 e. The van der Waals surface area contributed by atoms with Crippen molar-refractivity contribution in [1.29, 1.82) is 0 Å². The molecule has 3 aromatic carbocycles. The van der Waals surface area contributed by atoms with Gasteiger partial charge < -0.3 is 14.2 Å². The third kappa shape index (κ3) is 7.66. The monoisotopic (exact) mass is 607 g/mol. The van der Waals surface area contributed by atoms with Gasteiger partial charge in [-0.05, 0) is 96.5 Å². The van der Waals surface area contributed by atoms with Crippen LogP contribution in [0.15, 0.2) is 84.6 Å². The van der Waals surface area contributed by atoms with E-state index in [1.807, 2.05) is 36.4 Å². The fourth-order valence-electron chi connectivity index (χ4n) is 5.18. The summed E-state index contributed by atoms with van der Waals surface area (Å²) in [7, 11) is 2.82. The Labute approximate surface area is 261 Å². The molecular formula is C37H34FNO6. The number of allylic oxidation sites excluding steroid dienone is 3. The largest absolute Gasteiger partial charge is 0.495 e. The highest BCUT2D eigenvalue weighted by Gasteiger charge is 2.53. The zero-order chi connectivity index (χ0) is 31.8. The number of nitrogens with one attached hydrogen (secondary N) is 1. The molecule has 0 bridgehead atoms. The number of Topliss-reactive ketones (excluding diaryl/α,β-unsaturated/α-hetero) is 1. The van der Waals surface area contributed by atoms with Crippen LogP contribution in [0.1, 0.15) is 53.5 Å². The minimum absolute atomic E-state index is 0.00987. The van der Waals surface area contributed by atoms with Gasteiger partial charge in [0.1, 0.15) is 29.7 Å². The predicted molar refractivity (Wildman–Crippen MR) is 171 cm³/mol. The van der Waals surface area contributed by atoms with Gasteiger partial charge in [0, 0.05) is 12.0 Å². The number of hydrogen-bond acceptors (Lipinski definition) is 6. The van der Waals surface area contributed by atoms with E-state index in [0.29, 0.717) is 55.0 Å². The Morgan fingerprint density at radius 2 is 1.73 bits per heavy atom. The summed E-state index contributed by atoms with van der Waals surface area (Å²) in [4.78, 5) is 37.6. The van der Waals surface area contributed by atoms with Crippen LogP contribution >= 0.6 is 0 Å². The SMILES string of the molecule is COC(=O)Nc1cc2c(cc1OC)C=C=CC=C2OCc1ccc(CCCC(=O)C2(C(=O)/C=C/c3ccc(F)cc3)CC2)cc1. The minimum atomic E-state index is -0.894. The molecule has 0 aromatic heterocycles. The number of ketones is 2. The quantitative estimate of drug-likeness (QED) is 0.122. The second-order valence-corrected chi connectivity index (χ2v) is 11.0. The molecule has 0 heterocycles. The summed E-state index contributed by atoms with van der Waals surface area (Å²) in [6.07, 6.45) is 10.7. The summed E-state index contributed by atoms with van der Waals surface area (Å²) in [5.41, 5.74) is 7.02. The zero-order valence-corrected chi connectivity index (χ0v) is 25.2. The maximum atomic E-state index is 13.1. The van der Waals surface area contributed by atoms with Crippen molar-refractivity contribution in [2.75, 3.05) is 19.5 Å². The average Bonchev–Trinajstić information content (AvgIpc) is 3.89. The summed E-state index contributed by atoms with van der Waals surface area (Å²) in [6, 6.07) is 17.5. The fourth-order valence-corrected chi connectivity index (χ4v) is 5.18. The molecule has 1 saturated carbocycles. The van der Waals surface area contributed by atoms with Crippen molar-refractivity contribution >= 4 is 41.3 Å². The molecule has 1 amide bonds. The van der Waals surface area contributed by atoms with Crippen LogP contribution in [0, 0.1) is 11.2 Å². The molecule has 0 spiro atoms. The molecule has 7 nitrogen and oxygen atoms in total. The molecule has 5 rings (SSSR count). The Morgan fingerprint density at radius 1 is 1.00 bits per heavy atom. The van der Waals surface area contributed by atoms with Gasteiger partial charge in [-0.1, -0.05) is 42.5 Å². The lowest BCUT2D eigenvalue weighted by atomic mass is 9.90. The van der Waals surface area contributed by atoms with Crippen LogP contribution < -0.4 is 10.1 Å². The van der Waals surface area contributed by atoms with Crippen LogP contribution in [-0.2, 0) is 32.1 Å². The molecule has 2 aliphatic carbocycles. The first-order valence-corrected chi connectivity index (χ1v) is 14.7. The standard InChI is InChI=1S/C37H34FNO6/c1-43-33-22-28-7-3-4-8-32(30(28)23-31(33)39-36(42)44-2)45-24-27-12-10-25(11-13-27)6-5-9-34(40)37(20-21-37)35(41)19-16-26-14-17-29(38)18-15-26/h4,7-8,10-19,22-23H,5-6,9,20-21,24H2,1-2H3,(H,39,42)/b19-16+. The number of rotatable bonds is 13. The van der Waals surface area contributed by atoms with Crippen molar-refractivity contribution in [2.45, 2.75) is 38.7 Å². The number of hydrogen-bond donors (Lipinski definition) is 1. The molecule has 0 atom stereocenters. The van der Waals surface area contributed by atoms with Crippen molar-refractivity contribution in [3.05, 3.63) is 118 Å². The van der Waals surface area contributed by atoms with Crippen molar-refractivity contribution < 1.29 is 33.0 Å².